The summed E-state index contributed by atoms with van der Waals surface area (Å²) in [6.07, 6.45) is 7.46. The standard InChI is InChI=1S/C8H13N/c9-5-8-4-6-1-2-7(8)3-6/h1-2,6-8H,3-5,9H2/t6-,7-,8?/m1/s1. The van der Waals surface area contributed by atoms with Gasteiger partial charge >= 0.3 is 0 Å². The zero-order chi connectivity index (χ0) is 6.27. The van der Waals surface area contributed by atoms with Crippen LogP contribution in [0.25, 0.3) is 0 Å². The number of fused-ring (bicyclic) bond motifs is 2. The van der Waals surface area contributed by atoms with Crippen LogP contribution in [0.2, 0.25) is 0 Å². The van der Waals surface area contributed by atoms with Crippen molar-refractivity contribution in [3.63, 3.8) is 0 Å². The zero-order valence-corrected chi connectivity index (χ0v) is 5.59. The number of hydrogen-bond donors (Lipinski definition) is 1. The van der Waals surface area contributed by atoms with E-state index in [9.17, 15) is 0 Å². The fourth-order valence-electron chi connectivity index (χ4n) is 2.17. The van der Waals surface area contributed by atoms with Gasteiger partial charge in [-0.05, 0) is 37.1 Å². The first-order valence-electron chi connectivity index (χ1n) is 3.78. The van der Waals surface area contributed by atoms with E-state index in [1.165, 1.54) is 12.8 Å². The lowest BCUT2D eigenvalue weighted by molar-refractivity contribution is 0.459. The lowest BCUT2D eigenvalue weighted by atomic mass is 9.94. The molecule has 0 radical (unpaired) electrons. The maximum absolute atomic E-state index is 5.59. The van der Waals surface area contributed by atoms with Crippen LogP contribution in [0.15, 0.2) is 12.2 Å². The van der Waals surface area contributed by atoms with Crippen molar-refractivity contribution in [2.75, 3.05) is 6.54 Å². The molecule has 1 unspecified atom stereocenters. The SMILES string of the molecule is NCC1C[C@@H]2C=C[C@@H]1C2. The highest BCUT2D eigenvalue weighted by molar-refractivity contribution is 5.10. The second-order valence-electron chi connectivity index (χ2n) is 3.28. The van der Waals surface area contributed by atoms with Crippen LogP contribution in [0.1, 0.15) is 12.8 Å². The van der Waals surface area contributed by atoms with Crippen molar-refractivity contribution < 1.29 is 0 Å². The Bertz CT molecular complexity index is 140. The van der Waals surface area contributed by atoms with Crippen LogP contribution in [-0.4, -0.2) is 6.54 Å². The van der Waals surface area contributed by atoms with Gasteiger partial charge in [0, 0.05) is 0 Å². The molecule has 2 aliphatic carbocycles. The molecule has 0 aromatic heterocycles. The molecule has 0 heterocycles. The summed E-state index contributed by atoms with van der Waals surface area (Å²) in [5, 5.41) is 0. The van der Waals surface area contributed by atoms with E-state index in [0.717, 1.165) is 24.3 Å². The summed E-state index contributed by atoms with van der Waals surface area (Å²) in [5.41, 5.74) is 5.59. The van der Waals surface area contributed by atoms with Gasteiger partial charge < -0.3 is 5.73 Å². The quantitative estimate of drug-likeness (QED) is 0.520. The highest BCUT2D eigenvalue weighted by atomic mass is 14.6. The van der Waals surface area contributed by atoms with Gasteiger partial charge in [-0.2, -0.15) is 0 Å². The van der Waals surface area contributed by atoms with E-state index in [0.29, 0.717) is 0 Å². The zero-order valence-electron chi connectivity index (χ0n) is 5.59. The molecule has 2 bridgehead atoms. The van der Waals surface area contributed by atoms with Crippen LogP contribution in [0.3, 0.4) is 0 Å². The predicted octanol–water partition coefficient (Wildman–Crippen LogP) is 1.16. The minimum Gasteiger partial charge on any atom is -0.330 e. The van der Waals surface area contributed by atoms with E-state index in [1.807, 2.05) is 0 Å². The van der Waals surface area contributed by atoms with Gasteiger partial charge in [0.25, 0.3) is 0 Å². The van der Waals surface area contributed by atoms with Gasteiger partial charge in [0.1, 0.15) is 0 Å². The van der Waals surface area contributed by atoms with E-state index >= 15 is 0 Å². The number of nitrogens with two attached hydrogens (primary N) is 1. The van der Waals surface area contributed by atoms with Crippen molar-refractivity contribution in [1.82, 2.24) is 0 Å². The molecule has 2 rings (SSSR count). The van der Waals surface area contributed by atoms with E-state index in [4.69, 9.17) is 5.73 Å². The van der Waals surface area contributed by atoms with Gasteiger partial charge in [-0.3, -0.25) is 0 Å². The Morgan fingerprint density at radius 3 is 2.56 bits per heavy atom. The topological polar surface area (TPSA) is 26.0 Å². The summed E-state index contributed by atoms with van der Waals surface area (Å²) < 4.78 is 0. The second kappa shape index (κ2) is 1.84. The summed E-state index contributed by atoms with van der Waals surface area (Å²) >= 11 is 0. The fraction of sp³-hybridized carbons (Fsp3) is 0.750. The van der Waals surface area contributed by atoms with Gasteiger partial charge in [-0.1, -0.05) is 12.2 Å². The molecule has 0 aromatic rings. The molecule has 0 amide bonds. The number of allylic oxidation sites excluding steroid dienone is 2. The Morgan fingerprint density at radius 2 is 2.22 bits per heavy atom. The van der Waals surface area contributed by atoms with Crippen molar-refractivity contribution in [3.8, 4) is 0 Å². The largest absolute Gasteiger partial charge is 0.330 e. The molecule has 50 valence electrons. The van der Waals surface area contributed by atoms with Crippen LogP contribution in [0.5, 0.6) is 0 Å². The number of rotatable bonds is 1. The van der Waals surface area contributed by atoms with Crippen molar-refractivity contribution in [2.45, 2.75) is 12.8 Å². The van der Waals surface area contributed by atoms with Crippen LogP contribution < -0.4 is 5.73 Å². The van der Waals surface area contributed by atoms with E-state index in [-0.39, 0.29) is 0 Å². The fourth-order valence-corrected chi connectivity index (χ4v) is 2.17. The third-order valence-electron chi connectivity index (χ3n) is 2.72. The summed E-state index contributed by atoms with van der Waals surface area (Å²) in [6.45, 7) is 0.894. The maximum atomic E-state index is 5.59. The molecule has 0 aromatic carbocycles. The Labute approximate surface area is 55.9 Å². The lowest BCUT2D eigenvalue weighted by Gasteiger charge is -2.14. The van der Waals surface area contributed by atoms with Crippen molar-refractivity contribution in [1.29, 1.82) is 0 Å². The first kappa shape index (κ1) is 5.48. The molecule has 1 heteroatoms. The van der Waals surface area contributed by atoms with E-state index in [2.05, 4.69) is 12.2 Å². The highest BCUT2D eigenvalue weighted by Crippen LogP contribution is 2.42. The predicted molar refractivity (Wildman–Crippen MR) is 37.9 cm³/mol. The molecular formula is C8H13N. The molecule has 0 saturated heterocycles. The Hall–Kier alpha value is -0.300. The van der Waals surface area contributed by atoms with Gasteiger partial charge in [0.15, 0.2) is 0 Å². The van der Waals surface area contributed by atoms with Gasteiger partial charge in [0.2, 0.25) is 0 Å². The monoisotopic (exact) mass is 123 g/mol. The van der Waals surface area contributed by atoms with Gasteiger partial charge in [-0.25, -0.2) is 0 Å². The summed E-state index contributed by atoms with van der Waals surface area (Å²) in [4.78, 5) is 0. The number of hydrogen-bond acceptors (Lipinski definition) is 1. The molecule has 0 spiro atoms. The van der Waals surface area contributed by atoms with Crippen LogP contribution in [0, 0.1) is 17.8 Å². The molecule has 1 nitrogen and oxygen atoms in total. The smallest absolute Gasteiger partial charge is 0.00430 e. The molecular weight excluding hydrogens is 110 g/mol. The summed E-state index contributed by atoms with van der Waals surface area (Å²) in [6, 6.07) is 0. The Kier molecular flexibility index (Phi) is 1.12. The minimum atomic E-state index is 0.819. The normalized spacial score (nSPS) is 46.6. The average molecular weight is 123 g/mol. The lowest BCUT2D eigenvalue weighted by Crippen LogP contribution is -2.17. The molecule has 1 fully saturated rings. The van der Waals surface area contributed by atoms with Crippen molar-refractivity contribution >= 4 is 0 Å². The third kappa shape index (κ3) is 0.715. The van der Waals surface area contributed by atoms with E-state index in [1.54, 1.807) is 0 Å². The molecule has 2 aliphatic rings. The molecule has 0 aliphatic heterocycles. The molecule has 9 heavy (non-hydrogen) atoms. The molecule has 1 saturated carbocycles. The van der Waals surface area contributed by atoms with Gasteiger partial charge in [-0.15, -0.1) is 0 Å². The summed E-state index contributed by atoms with van der Waals surface area (Å²) in [7, 11) is 0. The average Bonchev–Trinajstić information content (AvgIpc) is 2.45. The maximum Gasteiger partial charge on any atom is -0.00430 e. The van der Waals surface area contributed by atoms with Crippen LogP contribution in [-0.2, 0) is 0 Å². The molecule has 3 atom stereocenters. The van der Waals surface area contributed by atoms with Gasteiger partial charge in [0.05, 0.1) is 0 Å². The summed E-state index contributed by atoms with van der Waals surface area (Å²) in [5.74, 6) is 2.56. The third-order valence-corrected chi connectivity index (χ3v) is 2.72. The Balaban J connectivity index is 2.10. The first-order chi connectivity index (χ1) is 4.40. The van der Waals surface area contributed by atoms with Crippen LogP contribution >= 0.6 is 0 Å². The van der Waals surface area contributed by atoms with Crippen LogP contribution in [0.4, 0.5) is 0 Å². The van der Waals surface area contributed by atoms with E-state index < -0.39 is 0 Å². The van der Waals surface area contributed by atoms with Crippen molar-refractivity contribution in [2.24, 2.45) is 23.5 Å². The minimum absolute atomic E-state index is 0.819. The second-order valence-corrected chi connectivity index (χ2v) is 3.28. The highest BCUT2D eigenvalue weighted by Gasteiger charge is 2.34. The first-order valence-corrected chi connectivity index (χ1v) is 3.78. The Morgan fingerprint density at radius 1 is 1.33 bits per heavy atom. The van der Waals surface area contributed by atoms with Crippen molar-refractivity contribution in [3.05, 3.63) is 12.2 Å². The molecule has 2 N–H and O–H groups in total.